The van der Waals surface area contributed by atoms with E-state index in [4.69, 9.17) is 21.1 Å². The largest absolute Gasteiger partial charge is 0.497 e. The average molecular weight is 395 g/mol. The van der Waals surface area contributed by atoms with E-state index in [0.29, 0.717) is 6.54 Å². The molecule has 0 aliphatic carbocycles. The number of methoxy groups -OCH3 is 1. The van der Waals surface area contributed by atoms with Gasteiger partial charge < -0.3 is 14.8 Å². The van der Waals surface area contributed by atoms with Crippen LogP contribution >= 0.6 is 11.6 Å². The highest BCUT2D eigenvalue weighted by Gasteiger charge is 2.19. The zero-order valence-electron chi connectivity index (χ0n) is 15.8. The first kappa shape index (κ1) is 18.8. The maximum atomic E-state index is 6.32. The van der Waals surface area contributed by atoms with Crippen molar-refractivity contribution in [2.75, 3.05) is 13.7 Å². The molecule has 3 aromatic rings. The minimum Gasteiger partial charge on any atom is -0.497 e. The lowest BCUT2D eigenvalue weighted by Crippen LogP contribution is -2.23. The molecule has 144 valence electrons. The van der Waals surface area contributed by atoms with E-state index in [0.717, 1.165) is 41.5 Å². The summed E-state index contributed by atoms with van der Waals surface area (Å²) < 4.78 is 11.1. The summed E-state index contributed by atoms with van der Waals surface area (Å²) in [5.41, 5.74) is 4.68. The number of hydrogen-bond acceptors (Lipinski definition) is 4. The Labute approximate surface area is 170 Å². The minimum absolute atomic E-state index is 0.131. The monoisotopic (exact) mass is 394 g/mol. The molecule has 1 aliphatic heterocycles. The molecule has 2 aromatic carbocycles. The maximum Gasteiger partial charge on any atom is 0.127 e. The summed E-state index contributed by atoms with van der Waals surface area (Å²) in [7, 11) is 1.68. The third-order valence-electron chi connectivity index (χ3n) is 5.05. The van der Waals surface area contributed by atoms with Crippen molar-refractivity contribution in [1.29, 1.82) is 0 Å². The molecule has 0 saturated heterocycles. The summed E-state index contributed by atoms with van der Waals surface area (Å²) >= 11 is 6.32. The molecule has 28 heavy (non-hydrogen) atoms. The van der Waals surface area contributed by atoms with Gasteiger partial charge in [0.25, 0.3) is 0 Å². The van der Waals surface area contributed by atoms with Gasteiger partial charge in [-0.05, 0) is 53.4 Å². The Morgan fingerprint density at radius 3 is 2.82 bits per heavy atom. The molecule has 1 N–H and O–H groups in total. The zero-order valence-corrected chi connectivity index (χ0v) is 16.6. The van der Waals surface area contributed by atoms with Crippen LogP contribution in [0.4, 0.5) is 0 Å². The predicted octanol–water partition coefficient (Wildman–Crippen LogP) is 4.75. The van der Waals surface area contributed by atoms with Crippen molar-refractivity contribution in [3.05, 3.63) is 88.2 Å². The zero-order chi connectivity index (χ0) is 19.3. The molecular weight excluding hydrogens is 372 g/mol. The molecule has 1 unspecified atom stereocenters. The molecule has 4 nitrogen and oxygen atoms in total. The van der Waals surface area contributed by atoms with Gasteiger partial charge in [-0.3, -0.25) is 4.98 Å². The van der Waals surface area contributed by atoms with Crippen molar-refractivity contribution in [1.82, 2.24) is 10.3 Å². The van der Waals surface area contributed by atoms with Crippen molar-refractivity contribution in [3.8, 4) is 11.5 Å². The van der Waals surface area contributed by atoms with Crippen molar-refractivity contribution >= 4 is 11.6 Å². The van der Waals surface area contributed by atoms with Gasteiger partial charge >= 0.3 is 0 Å². The van der Waals surface area contributed by atoms with Crippen LogP contribution in [0.3, 0.4) is 0 Å². The van der Waals surface area contributed by atoms with E-state index in [1.54, 1.807) is 13.3 Å². The fraction of sp³-hybridized carbons (Fsp3) is 0.261. The van der Waals surface area contributed by atoms with Gasteiger partial charge in [0.05, 0.1) is 13.7 Å². The Hall–Kier alpha value is -2.56. The van der Waals surface area contributed by atoms with Crippen LogP contribution in [0, 0.1) is 0 Å². The first-order chi connectivity index (χ1) is 13.7. The van der Waals surface area contributed by atoms with Crippen LogP contribution in [-0.4, -0.2) is 18.7 Å². The number of nitrogens with one attached hydrogen (secondary N) is 1. The van der Waals surface area contributed by atoms with Crippen molar-refractivity contribution in [2.45, 2.75) is 25.4 Å². The lowest BCUT2D eigenvalue weighted by molar-refractivity contribution is 0.351. The quantitative estimate of drug-likeness (QED) is 0.627. The highest BCUT2D eigenvalue weighted by Crippen LogP contribution is 2.33. The second kappa shape index (κ2) is 8.63. The molecule has 5 heteroatoms. The molecule has 0 amide bonds. The van der Waals surface area contributed by atoms with Gasteiger partial charge in [-0.2, -0.15) is 0 Å². The van der Waals surface area contributed by atoms with Crippen LogP contribution in [0.15, 0.2) is 60.9 Å². The smallest absolute Gasteiger partial charge is 0.127 e. The van der Waals surface area contributed by atoms with Gasteiger partial charge in [-0.1, -0.05) is 29.8 Å². The Morgan fingerprint density at radius 1 is 1.21 bits per heavy atom. The molecule has 1 aliphatic rings. The second-order valence-electron chi connectivity index (χ2n) is 6.92. The van der Waals surface area contributed by atoms with E-state index in [1.807, 2.05) is 36.5 Å². The number of pyridine rings is 1. The fourth-order valence-corrected chi connectivity index (χ4v) is 3.87. The number of rotatable bonds is 7. The SMILES string of the molecule is COc1ccc(C(Cc2cccnc2)NCc2cc(Cl)cc3c2OCC3)cc1. The maximum absolute atomic E-state index is 6.32. The third-order valence-corrected chi connectivity index (χ3v) is 5.26. The fourth-order valence-electron chi connectivity index (χ4n) is 3.61. The van der Waals surface area contributed by atoms with Gasteiger partial charge in [0.2, 0.25) is 0 Å². The molecule has 0 saturated carbocycles. The first-order valence-corrected chi connectivity index (χ1v) is 9.81. The molecule has 2 heterocycles. The van der Waals surface area contributed by atoms with Crippen LogP contribution in [0.5, 0.6) is 11.5 Å². The summed E-state index contributed by atoms with van der Waals surface area (Å²) in [5.74, 6) is 1.83. The van der Waals surface area contributed by atoms with Gasteiger partial charge in [0.1, 0.15) is 11.5 Å². The first-order valence-electron chi connectivity index (χ1n) is 9.43. The van der Waals surface area contributed by atoms with E-state index >= 15 is 0 Å². The van der Waals surface area contributed by atoms with Crippen molar-refractivity contribution < 1.29 is 9.47 Å². The molecule has 1 atom stereocenters. The molecule has 1 aromatic heterocycles. The molecule has 0 spiro atoms. The summed E-state index contributed by atoms with van der Waals surface area (Å²) in [5, 5.41) is 4.45. The van der Waals surface area contributed by atoms with Crippen molar-refractivity contribution in [3.63, 3.8) is 0 Å². The van der Waals surface area contributed by atoms with Crippen LogP contribution in [0.25, 0.3) is 0 Å². The van der Waals surface area contributed by atoms with Gasteiger partial charge in [-0.15, -0.1) is 0 Å². The van der Waals surface area contributed by atoms with E-state index in [-0.39, 0.29) is 6.04 Å². The Bertz CT molecular complexity index is 929. The second-order valence-corrected chi connectivity index (χ2v) is 7.36. The number of hydrogen-bond donors (Lipinski definition) is 1. The van der Waals surface area contributed by atoms with Crippen LogP contribution < -0.4 is 14.8 Å². The standard InChI is InChI=1S/C23H23ClN2O2/c1-27-21-6-4-17(5-7-21)22(11-16-3-2-9-25-14-16)26-15-19-13-20(24)12-18-8-10-28-23(18)19/h2-7,9,12-14,22,26H,8,10-11,15H2,1H3. The van der Waals surface area contributed by atoms with Gasteiger partial charge in [0, 0.05) is 42.0 Å². The van der Waals surface area contributed by atoms with Gasteiger partial charge in [-0.25, -0.2) is 0 Å². The topological polar surface area (TPSA) is 43.4 Å². The van der Waals surface area contributed by atoms with E-state index in [2.05, 4.69) is 28.5 Å². The highest BCUT2D eigenvalue weighted by atomic mass is 35.5. The Balaban J connectivity index is 1.57. The molecule has 0 radical (unpaired) electrons. The summed E-state index contributed by atoms with van der Waals surface area (Å²) in [6.07, 6.45) is 5.47. The molecule has 0 fully saturated rings. The van der Waals surface area contributed by atoms with Crippen molar-refractivity contribution in [2.24, 2.45) is 0 Å². The summed E-state index contributed by atoms with van der Waals surface area (Å²) in [6.45, 7) is 1.40. The molecular formula is C23H23ClN2O2. The number of nitrogens with zero attached hydrogens (tertiary/aromatic N) is 1. The number of benzene rings is 2. The lowest BCUT2D eigenvalue weighted by Gasteiger charge is -2.21. The highest BCUT2D eigenvalue weighted by molar-refractivity contribution is 6.30. The number of aromatic nitrogens is 1. The number of halogens is 1. The minimum atomic E-state index is 0.131. The van der Waals surface area contributed by atoms with E-state index in [1.165, 1.54) is 16.7 Å². The average Bonchev–Trinajstić information content (AvgIpc) is 3.20. The predicted molar refractivity (Wildman–Crippen MR) is 111 cm³/mol. The Kier molecular flexibility index (Phi) is 5.79. The Morgan fingerprint density at radius 2 is 2.07 bits per heavy atom. The van der Waals surface area contributed by atoms with E-state index < -0.39 is 0 Å². The molecule has 4 rings (SSSR count). The van der Waals surface area contributed by atoms with Crippen LogP contribution in [0.1, 0.15) is 28.3 Å². The lowest BCUT2D eigenvalue weighted by atomic mass is 9.99. The summed E-state index contributed by atoms with van der Waals surface area (Å²) in [6, 6.07) is 16.4. The van der Waals surface area contributed by atoms with Crippen LogP contribution in [0.2, 0.25) is 5.02 Å². The molecule has 0 bridgehead atoms. The van der Waals surface area contributed by atoms with Crippen LogP contribution in [-0.2, 0) is 19.4 Å². The van der Waals surface area contributed by atoms with E-state index in [9.17, 15) is 0 Å². The normalized spacial score (nSPS) is 13.6. The number of ether oxygens (including phenoxy) is 2. The van der Waals surface area contributed by atoms with Gasteiger partial charge in [0.15, 0.2) is 0 Å². The number of fused-ring (bicyclic) bond motifs is 1. The summed E-state index contributed by atoms with van der Waals surface area (Å²) in [4.78, 5) is 4.25. The third kappa shape index (κ3) is 4.29.